The molecule has 0 radical (unpaired) electrons. The van der Waals surface area contributed by atoms with Crippen LogP contribution in [0, 0.1) is 0 Å². The maximum Gasteiger partial charge on any atom is 0.238 e. The lowest BCUT2D eigenvalue weighted by atomic mass is 10.4. The molecule has 0 fully saturated rings. The van der Waals surface area contributed by atoms with Crippen LogP contribution >= 0.6 is 7.37 Å². The van der Waals surface area contributed by atoms with Crippen molar-refractivity contribution in [1.29, 1.82) is 0 Å². The maximum atomic E-state index is 12.9. The van der Waals surface area contributed by atoms with Gasteiger partial charge >= 0.3 is 0 Å². The van der Waals surface area contributed by atoms with Crippen LogP contribution in [0.15, 0.2) is 55.1 Å². The molecule has 2 nitrogen and oxygen atoms in total. The van der Waals surface area contributed by atoms with E-state index in [9.17, 15) is 4.57 Å². The van der Waals surface area contributed by atoms with Crippen LogP contribution in [0.1, 0.15) is 13.8 Å². The van der Waals surface area contributed by atoms with Gasteiger partial charge in [-0.2, -0.15) is 0 Å². The van der Waals surface area contributed by atoms with Crippen LogP contribution in [-0.2, 0) is 9.09 Å². The van der Waals surface area contributed by atoms with Crippen molar-refractivity contribution in [1.82, 2.24) is 0 Å². The molecular formula is C14H19O2P. The van der Waals surface area contributed by atoms with Gasteiger partial charge < -0.3 is 4.52 Å². The van der Waals surface area contributed by atoms with Gasteiger partial charge in [-0.15, -0.1) is 6.58 Å². The first-order chi connectivity index (χ1) is 8.15. The zero-order valence-corrected chi connectivity index (χ0v) is 11.3. The molecule has 0 aliphatic heterocycles. The summed E-state index contributed by atoms with van der Waals surface area (Å²) in [5.41, 5.74) is -0.185. The van der Waals surface area contributed by atoms with Gasteiger partial charge in [-0.05, 0) is 26.0 Å². The van der Waals surface area contributed by atoms with Gasteiger partial charge in [0, 0.05) is 5.30 Å². The van der Waals surface area contributed by atoms with Gasteiger partial charge in [-0.1, -0.05) is 36.4 Å². The van der Waals surface area contributed by atoms with Crippen molar-refractivity contribution in [3.05, 3.63) is 55.1 Å². The van der Waals surface area contributed by atoms with Crippen LogP contribution in [0.5, 0.6) is 0 Å². The predicted octanol–water partition coefficient (Wildman–Crippen LogP) is 3.76. The number of hydrogen-bond donors (Lipinski definition) is 0. The fraction of sp³-hybridized carbons (Fsp3) is 0.286. The van der Waals surface area contributed by atoms with E-state index < -0.39 is 7.37 Å². The van der Waals surface area contributed by atoms with E-state index >= 15 is 0 Å². The molecule has 2 atom stereocenters. The highest BCUT2D eigenvalue weighted by Crippen LogP contribution is 2.50. The van der Waals surface area contributed by atoms with E-state index in [0.717, 1.165) is 5.30 Å². The summed E-state index contributed by atoms with van der Waals surface area (Å²) in [4.78, 5) is 0. The van der Waals surface area contributed by atoms with Crippen molar-refractivity contribution in [2.45, 2.75) is 19.5 Å². The Morgan fingerprint density at radius 1 is 1.41 bits per heavy atom. The summed E-state index contributed by atoms with van der Waals surface area (Å²) in [6.45, 7) is 7.85. The number of rotatable bonds is 6. The fourth-order valence-corrected chi connectivity index (χ4v) is 3.48. The van der Waals surface area contributed by atoms with E-state index in [4.69, 9.17) is 4.52 Å². The molecule has 17 heavy (non-hydrogen) atoms. The monoisotopic (exact) mass is 250 g/mol. The first-order valence-corrected chi connectivity index (χ1v) is 7.38. The van der Waals surface area contributed by atoms with E-state index in [-0.39, 0.29) is 5.66 Å². The molecule has 0 heterocycles. The molecule has 0 aromatic heterocycles. The Hall–Kier alpha value is -1.11. The molecule has 0 saturated carbocycles. The average Bonchev–Trinajstić information content (AvgIpc) is 2.39. The number of benzene rings is 1. The van der Waals surface area contributed by atoms with Gasteiger partial charge in [-0.25, -0.2) is 0 Å². The normalized spacial score (nSPS) is 16.6. The van der Waals surface area contributed by atoms with Gasteiger partial charge in [-0.3, -0.25) is 4.57 Å². The summed E-state index contributed by atoms with van der Waals surface area (Å²) < 4.78 is 18.5. The summed E-state index contributed by atoms with van der Waals surface area (Å²) >= 11 is 0. The van der Waals surface area contributed by atoms with Crippen LogP contribution in [0.2, 0.25) is 0 Å². The second kappa shape index (κ2) is 6.58. The smallest absolute Gasteiger partial charge is 0.238 e. The zero-order chi connectivity index (χ0) is 12.7. The first-order valence-electron chi connectivity index (χ1n) is 5.68. The quantitative estimate of drug-likeness (QED) is 0.567. The minimum absolute atomic E-state index is 0.185. The minimum Gasteiger partial charge on any atom is -0.321 e. The lowest BCUT2D eigenvalue weighted by Crippen LogP contribution is -2.15. The lowest BCUT2D eigenvalue weighted by Gasteiger charge is -2.22. The number of allylic oxidation sites excluding steroid dienone is 2. The molecule has 92 valence electrons. The second-order valence-electron chi connectivity index (χ2n) is 3.77. The molecule has 0 saturated heterocycles. The molecule has 0 aliphatic carbocycles. The largest absolute Gasteiger partial charge is 0.321 e. The molecule has 2 unspecified atom stereocenters. The fourth-order valence-electron chi connectivity index (χ4n) is 1.45. The van der Waals surface area contributed by atoms with Crippen molar-refractivity contribution < 1.29 is 9.09 Å². The summed E-state index contributed by atoms with van der Waals surface area (Å²) in [6, 6.07) is 9.33. The average molecular weight is 250 g/mol. The molecule has 0 N–H and O–H groups in total. The molecule has 1 aromatic carbocycles. The van der Waals surface area contributed by atoms with Gasteiger partial charge in [0.15, 0.2) is 0 Å². The van der Waals surface area contributed by atoms with Crippen molar-refractivity contribution >= 4 is 12.7 Å². The van der Waals surface area contributed by atoms with Crippen molar-refractivity contribution in [3.8, 4) is 0 Å². The van der Waals surface area contributed by atoms with E-state index in [2.05, 4.69) is 6.58 Å². The summed E-state index contributed by atoms with van der Waals surface area (Å²) in [5, 5.41) is 0.747. The predicted molar refractivity (Wildman–Crippen MR) is 74.1 cm³/mol. The Kier molecular flexibility index (Phi) is 5.40. The third-order valence-corrected chi connectivity index (χ3v) is 5.43. The zero-order valence-electron chi connectivity index (χ0n) is 10.4. The van der Waals surface area contributed by atoms with Crippen LogP contribution in [-0.4, -0.2) is 12.3 Å². The maximum absolute atomic E-state index is 12.9. The lowest BCUT2D eigenvalue weighted by molar-refractivity contribution is 0.357. The number of hydrogen-bond acceptors (Lipinski definition) is 2. The minimum atomic E-state index is -2.86. The van der Waals surface area contributed by atoms with Gasteiger partial charge in [0.2, 0.25) is 7.37 Å². The van der Waals surface area contributed by atoms with Crippen LogP contribution in [0.25, 0.3) is 0 Å². The van der Waals surface area contributed by atoms with Crippen molar-refractivity contribution in [2.24, 2.45) is 0 Å². The van der Waals surface area contributed by atoms with Crippen LogP contribution < -0.4 is 5.30 Å². The van der Waals surface area contributed by atoms with Crippen molar-refractivity contribution in [3.63, 3.8) is 0 Å². The Morgan fingerprint density at radius 3 is 2.59 bits per heavy atom. The summed E-state index contributed by atoms with van der Waals surface area (Å²) in [5.74, 6) is 0. The van der Waals surface area contributed by atoms with E-state index in [1.807, 2.05) is 56.3 Å². The second-order valence-corrected chi connectivity index (χ2v) is 6.56. The van der Waals surface area contributed by atoms with Crippen molar-refractivity contribution in [2.75, 3.05) is 6.61 Å². The van der Waals surface area contributed by atoms with Crippen LogP contribution in [0.4, 0.5) is 0 Å². The Labute approximate surface area is 103 Å². The standard InChI is InChI=1S/C14H19O2P/c1-4-6-12-16-17(15,13(3)5-2)14-10-8-7-9-11-14/h4-11,13H,2,12H2,1,3H3. The molecule has 0 spiro atoms. The SMILES string of the molecule is C=CC(C)P(=O)(OCC=CC)c1ccccc1. The third-order valence-electron chi connectivity index (χ3n) is 2.59. The molecule has 0 amide bonds. The van der Waals surface area contributed by atoms with E-state index in [1.54, 1.807) is 6.08 Å². The molecule has 0 bridgehead atoms. The first kappa shape index (κ1) is 14.0. The van der Waals surface area contributed by atoms with Gasteiger partial charge in [0.05, 0.1) is 12.3 Å². The summed E-state index contributed by atoms with van der Waals surface area (Å²) in [6.07, 6.45) is 5.42. The van der Waals surface area contributed by atoms with E-state index in [1.165, 1.54) is 0 Å². The molecule has 1 aromatic rings. The Bertz CT molecular complexity index is 423. The van der Waals surface area contributed by atoms with Crippen LogP contribution in [0.3, 0.4) is 0 Å². The molecule has 1 rings (SSSR count). The molecule has 3 heteroatoms. The highest BCUT2D eigenvalue weighted by atomic mass is 31.2. The van der Waals surface area contributed by atoms with E-state index in [0.29, 0.717) is 6.61 Å². The van der Waals surface area contributed by atoms with Gasteiger partial charge in [0.25, 0.3) is 0 Å². The highest BCUT2D eigenvalue weighted by molar-refractivity contribution is 7.67. The van der Waals surface area contributed by atoms with Gasteiger partial charge in [0.1, 0.15) is 0 Å². The topological polar surface area (TPSA) is 26.3 Å². The highest BCUT2D eigenvalue weighted by Gasteiger charge is 2.30. The summed E-state index contributed by atoms with van der Waals surface area (Å²) in [7, 11) is -2.86. The molecular weight excluding hydrogens is 231 g/mol. The molecule has 0 aliphatic rings. The third kappa shape index (κ3) is 3.42. The Balaban J connectivity index is 3.02. The Morgan fingerprint density at radius 2 is 2.06 bits per heavy atom.